The molecule has 7 nitrogen and oxygen atoms in total. The van der Waals surface area contributed by atoms with E-state index in [9.17, 15) is 24.9 Å². The maximum Gasteiger partial charge on any atom is 0.217 e. The molecule has 31 heavy (non-hydrogen) atoms. The summed E-state index contributed by atoms with van der Waals surface area (Å²) in [5.41, 5.74) is 5.54. The summed E-state index contributed by atoms with van der Waals surface area (Å²) in [6.07, 6.45) is 10.2. The van der Waals surface area contributed by atoms with Gasteiger partial charge in [-0.05, 0) is 12.3 Å². The first kappa shape index (κ1) is 30.1. The van der Waals surface area contributed by atoms with Crippen LogP contribution in [0.3, 0.4) is 0 Å². The quantitative estimate of drug-likeness (QED) is 0.135. The van der Waals surface area contributed by atoms with Crippen molar-refractivity contribution in [3.8, 4) is 0 Å². The molecule has 4 atom stereocenters. The first-order valence-electron chi connectivity index (χ1n) is 12.2. The predicted octanol–water partition coefficient (Wildman–Crippen LogP) is 2.64. The van der Waals surface area contributed by atoms with E-state index in [-0.39, 0.29) is 6.42 Å². The van der Waals surface area contributed by atoms with E-state index in [1.165, 1.54) is 57.8 Å². The highest BCUT2D eigenvalue weighted by atomic mass is 16.4. The van der Waals surface area contributed by atoms with Gasteiger partial charge in [-0.15, -0.1) is 0 Å². The molecule has 0 rings (SSSR count). The van der Waals surface area contributed by atoms with Crippen molar-refractivity contribution in [2.45, 2.75) is 128 Å². The predicted molar refractivity (Wildman–Crippen MR) is 123 cm³/mol. The summed E-state index contributed by atoms with van der Waals surface area (Å²) in [7, 11) is 0. The van der Waals surface area contributed by atoms with Crippen LogP contribution >= 0.6 is 0 Å². The Bertz CT molecular complexity index is 471. The zero-order valence-corrected chi connectivity index (χ0v) is 19.7. The Hall–Kier alpha value is -0.860. The number of nitrogens with two attached hydrogens (primary N) is 1. The van der Waals surface area contributed by atoms with Crippen LogP contribution in [-0.2, 0) is 9.59 Å². The summed E-state index contributed by atoms with van der Waals surface area (Å²) < 4.78 is 0. The minimum Gasteiger partial charge on any atom is -0.394 e. The van der Waals surface area contributed by atoms with Gasteiger partial charge in [0.05, 0.1) is 6.61 Å². The van der Waals surface area contributed by atoms with E-state index in [4.69, 9.17) is 10.8 Å². The van der Waals surface area contributed by atoms with Gasteiger partial charge in [-0.25, -0.2) is 0 Å². The summed E-state index contributed by atoms with van der Waals surface area (Å²) in [5, 5.41) is 37.5. The van der Waals surface area contributed by atoms with Crippen LogP contribution in [0, 0.1) is 5.92 Å². The SMILES string of the molecule is CC(C)CCCCCCCCCCCCCCC(=O)C(=O)[C@H](N)[C@@H](O)[C@H](O)[C@H](O)CO. The van der Waals surface area contributed by atoms with Crippen molar-refractivity contribution in [3.63, 3.8) is 0 Å². The Labute approximate surface area is 188 Å². The molecule has 0 saturated carbocycles. The van der Waals surface area contributed by atoms with E-state index in [0.717, 1.165) is 25.2 Å². The number of carbonyl (C=O) groups excluding carboxylic acids is 2. The van der Waals surface area contributed by atoms with Gasteiger partial charge in [0, 0.05) is 6.42 Å². The maximum absolute atomic E-state index is 12.0. The second kappa shape index (κ2) is 18.7. The first-order valence-corrected chi connectivity index (χ1v) is 12.2. The number of hydrogen-bond donors (Lipinski definition) is 5. The molecule has 0 unspecified atom stereocenters. The van der Waals surface area contributed by atoms with Crippen molar-refractivity contribution in [3.05, 3.63) is 0 Å². The van der Waals surface area contributed by atoms with Gasteiger partial charge in [0.25, 0.3) is 0 Å². The van der Waals surface area contributed by atoms with Crippen LogP contribution in [0.25, 0.3) is 0 Å². The summed E-state index contributed by atoms with van der Waals surface area (Å²) >= 11 is 0. The smallest absolute Gasteiger partial charge is 0.217 e. The van der Waals surface area contributed by atoms with Gasteiger partial charge in [-0.3, -0.25) is 9.59 Å². The second-order valence-corrected chi connectivity index (χ2v) is 9.22. The lowest BCUT2D eigenvalue weighted by atomic mass is 9.95. The van der Waals surface area contributed by atoms with E-state index in [1.807, 2.05) is 0 Å². The van der Waals surface area contributed by atoms with Crippen LogP contribution in [0.15, 0.2) is 0 Å². The molecule has 0 aliphatic rings. The molecule has 0 amide bonds. The van der Waals surface area contributed by atoms with Crippen LogP contribution in [0.5, 0.6) is 0 Å². The standard InChI is InChI=1S/C24H47NO6/c1-18(2)15-13-11-9-7-5-3-4-6-8-10-12-14-16-19(27)22(29)21(25)24(31)23(30)20(28)17-26/h18,20-21,23-24,26,28,30-31H,3-17,25H2,1-2H3/t20-,21+,23-,24-/m1/s1. The molecule has 184 valence electrons. The highest BCUT2D eigenvalue weighted by Crippen LogP contribution is 2.14. The summed E-state index contributed by atoms with van der Waals surface area (Å²) in [6.45, 7) is 3.77. The normalized spacial score (nSPS) is 15.6. The number of aliphatic hydroxyl groups excluding tert-OH is 4. The number of ketones is 2. The molecule has 7 heteroatoms. The first-order chi connectivity index (χ1) is 14.7. The van der Waals surface area contributed by atoms with E-state index < -0.39 is 42.5 Å². The van der Waals surface area contributed by atoms with E-state index in [1.54, 1.807) is 0 Å². The lowest BCUT2D eigenvalue weighted by Gasteiger charge is -2.25. The molecule has 0 saturated heterocycles. The molecule has 0 aliphatic carbocycles. The van der Waals surface area contributed by atoms with Crippen molar-refractivity contribution >= 4 is 11.6 Å². The number of unbranched alkanes of at least 4 members (excludes halogenated alkanes) is 11. The molecule has 0 aromatic heterocycles. The van der Waals surface area contributed by atoms with Crippen LogP contribution < -0.4 is 5.73 Å². The van der Waals surface area contributed by atoms with Gasteiger partial charge in [-0.2, -0.15) is 0 Å². The molecule has 0 heterocycles. The lowest BCUT2D eigenvalue weighted by Crippen LogP contribution is -2.54. The molecule has 0 aromatic carbocycles. The van der Waals surface area contributed by atoms with Crippen molar-refractivity contribution in [2.75, 3.05) is 6.61 Å². The molecule has 0 fully saturated rings. The Kier molecular flexibility index (Phi) is 18.2. The van der Waals surface area contributed by atoms with Gasteiger partial charge < -0.3 is 26.2 Å². The molecular weight excluding hydrogens is 398 g/mol. The van der Waals surface area contributed by atoms with Crippen molar-refractivity contribution < 1.29 is 30.0 Å². The summed E-state index contributed by atoms with van der Waals surface area (Å²) in [6, 6.07) is -1.61. The zero-order chi connectivity index (χ0) is 23.6. The van der Waals surface area contributed by atoms with Gasteiger partial charge >= 0.3 is 0 Å². The van der Waals surface area contributed by atoms with Crippen LogP contribution in [0.2, 0.25) is 0 Å². The van der Waals surface area contributed by atoms with Gasteiger partial charge in [0.15, 0.2) is 5.78 Å². The highest BCUT2D eigenvalue weighted by molar-refractivity contribution is 6.39. The third-order valence-corrected chi connectivity index (χ3v) is 5.81. The Morgan fingerprint density at radius 1 is 0.710 bits per heavy atom. The molecule has 0 aromatic rings. The highest BCUT2D eigenvalue weighted by Gasteiger charge is 2.35. The largest absolute Gasteiger partial charge is 0.394 e. The van der Waals surface area contributed by atoms with Gasteiger partial charge in [0.2, 0.25) is 5.78 Å². The number of hydrogen-bond acceptors (Lipinski definition) is 7. The fourth-order valence-electron chi connectivity index (χ4n) is 3.62. The van der Waals surface area contributed by atoms with Crippen molar-refractivity contribution in [1.82, 2.24) is 0 Å². The Balaban J connectivity index is 3.68. The van der Waals surface area contributed by atoms with Crippen LogP contribution in [-0.4, -0.2) is 63.0 Å². The Morgan fingerprint density at radius 3 is 1.55 bits per heavy atom. The Morgan fingerprint density at radius 2 is 1.13 bits per heavy atom. The second-order valence-electron chi connectivity index (χ2n) is 9.22. The minimum atomic E-state index is -1.81. The van der Waals surface area contributed by atoms with Crippen molar-refractivity contribution in [2.24, 2.45) is 11.7 Å². The number of carbonyl (C=O) groups is 2. The summed E-state index contributed by atoms with van der Waals surface area (Å²) in [4.78, 5) is 23.9. The van der Waals surface area contributed by atoms with Gasteiger partial charge in [-0.1, -0.05) is 90.9 Å². The molecule has 0 bridgehead atoms. The van der Waals surface area contributed by atoms with E-state index in [2.05, 4.69) is 13.8 Å². The monoisotopic (exact) mass is 445 g/mol. The molecule has 0 radical (unpaired) electrons. The average molecular weight is 446 g/mol. The molecule has 0 aliphatic heterocycles. The fraction of sp³-hybridized carbons (Fsp3) is 0.917. The minimum absolute atomic E-state index is 0.0642. The summed E-state index contributed by atoms with van der Waals surface area (Å²) in [5.74, 6) is -0.818. The number of rotatable bonds is 21. The van der Waals surface area contributed by atoms with Crippen LogP contribution in [0.4, 0.5) is 0 Å². The van der Waals surface area contributed by atoms with Crippen LogP contribution in [0.1, 0.15) is 104 Å². The molecular formula is C24H47NO6. The van der Waals surface area contributed by atoms with Crippen molar-refractivity contribution in [1.29, 1.82) is 0 Å². The van der Waals surface area contributed by atoms with E-state index >= 15 is 0 Å². The number of Topliss-reactive ketones (excluding diaryl/α,β-unsaturated/α-hetero) is 2. The molecule has 0 spiro atoms. The molecule has 6 N–H and O–H groups in total. The third-order valence-electron chi connectivity index (χ3n) is 5.81. The lowest BCUT2D eigenvalue weighted by molar-refractivity contribution is -0.142. The maximum atomic E-state index is 12.0. The van der Waals surface area contributed by atoms with E-state index in [0.29, 0.717) is 6.42 Å². The topological polar surface area (TPSA) is 141 Å². The fourth-order valence-corrected chi connectivity index (χ4v) is 3.62. The van der Waals surface area contributed by atoms with Gasteiger partial charge in [0.1, 0.15) is 24.4 Å². The number of aliphatic hydroxyl groups is 4. The third kappa shape index (κ3) is 14.8. The zero-order valence-electron chi connectivity index (χ0n) is 19.7. The average Bonchev–Trinajstić information content (AvgIpc) is 2.76.